The minimum atomic E-state index is -4.80. The lowest BCUT2D eigenvalue weighted by Crippen LogP contribution is -2.40. The zero-order valence-electron chi connectivity index (χ0n) is 12.4. The molecule has 0 saturated carbocycles. The first kappa shape index (κ1) is 17.7. The van der Waals surface area contributed by atoms with Crippen molar-refractivity contribution in [2.45, 2.75) is 32.8 Å². The number of rotatable bonds is 5. The van der Waals surface area contributed by atoms with E-state index in [1.807, 2.05) is 0 Å². The highest BCUT2D eigenvalue weighted by Gasteiger charge is 2.39. The van der Waals surface area contributed by atoms with Gasteiger partial charge < -0.3 is 9.84 Å². The Hall–Kier alpha value is -1.65. The smallest absolute Gasteiger partial charge is 0.391 e. The van der Waals surface area contributed by atoms with Gasteiger partial charge in [0, 0.05) is 18.5 Å². The van der Waals surface area contributed by atoms with Gasteiger partial charge in [0.15, 0.2) is 0 Å². The van der Waals surface area contributed by atoms with Crippen molar-refractivity contribution in [2.24, 2.45) is 0 Å². The number of nitrogens with zero attached hydrogens (tertiary/aromatic N) is 2. The van der Waals surface area contributed by atoms with Crippen molar-refractivity contribution in [3.05, 3.63) is 31.3 Å². The molecule has 0 radical (unpaired) electrons. The van der Waals surface area contributed by atoms with Crippen LogP contribution in [0.4, 0.5) is 13.2 Å². The Labute approximate surface area is 132 Å². The SMILES string of the molecule is CCn1c(=O)c2c(C(F)(F)F)c(CO)sc2n(CCOC)c1=O. The fourth-order valence-corrected chi connectivity index (χ4v) is 3.57. The number of aromatic nitrogens is 2. The molecular weight excluding hydrogens is 337 g/mol. The molecule has 1 N–H and O–H groups in total. The van der Waals surface area contributed by atoms with Gasteiger partial charge in [-0.05, 0) is 6.92 Å². The molecule has 0 aliphatic carbocycles. The number of fused-ring (bicyclic) bond motifs is 1. The Balaban J connectivity index is 3.00. The van der Waals surface area contributed by atoms with Gasteiger partial charge >= 0.3 is 11.9 Å². The topological polar surface area (TPSA) is 73.5 Å². The van der Waals surface area contributed by atoms with Crippen LogP contribution in [-0.2, 0) is 30.6 Å². The van der Waals surface area contributed by atoms with Crippen molar-refractivity contribution in [1.29, 1.82) is 0 Å². The molecule has 2 rings (SSSR count). The Bertz CT molecular complexity index is 835. The summed E-state index contributed by atoms with van der Waals surface area (Å²) < 4.78 is 46.7. The van der Waals surface area contributed by atoms with Crippen molar-refractivity contribution < 1.29 is 23.0 Å². The quantitative estimate of drug-likeness (QED) is 0.883. The Kier molecular flexibility index (Phi) is 4.97. The van der Waals surface area contributed by atoms with Gasteiger partial charge in [0.05, 0.1) is 30.7 Å². The van der Waals surface area contributed by atoms with Crippen molar-refractivity contribution in [3.8, 4) is 0 Å². The first-order valence-corrected chi connectivity index (χ1v) is 7.55. The monoisotopic (exact) mass is 352 g/mol. The van der Waals surface area contributed by atoms with Gasteiger partial charge in [0.1, 0.15) is 4.83 Å². The van der Waals surface area contributed by atoms with E-state index in [1.165, 1.54) is 14.0 Å². The lowest BCUT2D eigenvalue weighted by atomic mass is 10.2. The fourth-order valence-electron chi connectivity index (χ4n) is 2.38. The van der Waals surface area contributed by atoms with Gasteiger partial charge in [0.2, 0.25) is 0 Å². The minimum Gasteiger partial charge on any atom is -0.391 e. The second kappa shape index (κ2) is 6.46. The van der Waals surface area contributed by atoms with E-state index in [-0.39, 0.29) is 29.4 Å². The van der Waals surface area contributed by atoms with Crippen LogP contribution in [0.25, 0.3) is 10.2 Å². The highest BCUT2D eigenvalue weighted by molar-refractivity contribution is 7.18. The van der Waals surface area contributed by atoms with Crippen LogP contribution in [0, 0.1) is 0 Å². The van der Waals surface area contributed by atoms with E-state index in [0.29, 0.717) is 11.3 Å². The van der Waals surface area contributed by atoms with Crippen LogP contribution in [-0.4, -0.2) is 28.0 Å². The second-order valence-corrected chi connectivity index (χ2v) is 5.80. The van der Waals surface area contributed by atoms with E-state index < -0.39 is 35.0 Å². The van der Waals surface area contributed by atoms with Gasteiger partial charge in [-0.25, -0.2) is 4.79 Å². The number of ether oxygens (including phenoxy) is 1. The van der Waals surface area contributed by atoms with E-state index >= 15 is 0 Å². The van der Waals surface area contributed by atoms with Gasteiger partial charge in [-0.15, -0.1) is 11.3 Å². The van der Waals surface area contributed by atoms with Crippen LogP contribution >= 0.6 is 11.3 Å². The molecule has 0 bridgehead atoms. The Morgan fingerprint density at radius 3 is 2.39 bits per heavy atom. The molecule has 10 heteroatoms. The van der Waals surface area contributed by atoms with E-state index in [4.69, 9.17) is 4.74 Å². The summed E-state index contributed by atoms with van der Waals surface area (Å²) in [4.78, 5) is 24.2. The highest BCUT2D eigenvalue weighted by Crippen LogP contribution is 2.40. The normalized spacial score (nSPS) is 12.3. The van der Waals surface area contributed by atoms with Crippen LogP contribution in [0.1, 0.15) is 17.4 Å². The van der Waals surface area contributed by atoms with Gasteiger partial charge in [-0.1, -0.05) is 0 Å². The van der Waals surface area contributed by atoms with Crippen molar-refractivity contribution in [1.82, 2.24) is 9.13 Å². The highest BCUT2D eigenvalue weighted by atomic mass is 32.1. The summed E-state index contributed by atoms with van der Waals surface area (Å²) in [6.07, 6.45) is -4.80. The number of alkyl halides is 3. The predicted molar refractivity (Wildman–Crippen MR) is 78.8 cm³/mol. The number of hydrogen-bond donors (Lipinski definition) is 1. The summed E-state index contributed by atoms with van der Waals surface area (Å²) in [5.41, 5.74) is -2.86. The first-order chi connectivity index (χ1) is 10.8. The maximum Gasteiger partial charge on any atom is 0.418 e. The second-order valence-electron chi connectivity index (χ2n) is 4.71. The van der Waals surface area contributed by atoms with Crippen molar-refractivity contribution in [2.75, 3.05) is 13.7 Å². The molecule has 2 heterocycles. The molecule has 6 nitrogen and oxygen atoms in total. The molecule has 0 aromatic carbocycles. The Morgan fingerprint density at radius 1 is 1.26 bits per heavy atom. The maximum atomic E-state index is 13.3. The lowest BCUT2D eigenvalue weighted by molar-refractivity contribution is -0.137. The largest absolute Gasteiger partial charge is 0.418 e. The third kappa shape index (κ3) is 2.93. The number of aliphatic hydroxyl groups is 1. The number of aliphatic hydroxyl groups excluding tert-OH is 1. The third-order valence-corrected chi connectivity index (χ3v) is 4.59. The molecule has 0 saturated heterocycles. The number of hydrogen-bond acceptors (Lipinski definition) is 5. The van der Waals surface area contributed by atoms with Crippen molar-refractivity contribution >= 4 is 21.6 Å². The average molecular weight is 352 g/mol. The third-order valence-electron chi connectivity index (χ3n) is 3.39. The average Bonchev–Trinajstić information content (AvgIpc) is 2.87. The molecule has 2 aromatic rings. The number of thiophene rings is 1. The minimum absolute atomic E-state index is 0.00872. The van der Waals surface area contributed by atoms with Crippen LogP contribution in [0.15, 0.2) is 9.59 Å². The standard InChI is InChI=1S/C13H15F3N2O4S/c1-3-17-10(20)8-9(13(14,15)16)7(6-19)23-11(8)18(12(17)21)4-5-22-2/h19H,3-6H2,1-2H3. The van der Waals surface area contributed by atoms with Crippen LogP contribution in [0.5, 0.6) is 0 Å². The van der Waals surface area contributed by atoms with Crippen LogP contribution in [0.3, 0.4) is 0 Å². The van der Waals surface area contributed by atoms with Crippen molar-refractivity contribution in [3.63, 3.8) is 0 Å². The zero-order chi connectivity index (χ0) is 17.4. The van der Waals surface area contributed by atoms with E-state index in [0.717, 1.165) is 9.13 Å². The predicted octanol–water partition coefficient (Wildman–Crippen LogP) is 1.40. The number of methoxy groups -OCH3 is 1. The summed E-state index contributed by atoms with van der Waals surface area (Å²) in [5.74, 6) is 0. The lowest BCUT2D eigenvalue weighted by Gasteiger charge is -2.11. The van der Waals surface area contributed by atoms with Gasteiger partial charge in [0.25, 0.3) is 5.56 Å². The Morgan fingerprint density at radius 2 is 1.91 bits per heavy atom. The molecule has 0 atom stereocenters. The zero-order valence-corrected chi connectivity index (χ0v) is 13.3. The first-order valence-electron chi connectivity index (χ1n) is 6.73. The summed E-state index contributed by atoms with van der Waals surface area (Å²) in [6.45, 7) is 0.696. The number of halogens is 3. The summed E-state index contributed by atoms with van der Waals surface area (Å²) >= 11 is 0.599. The molecule has 128 valence electrons. The molecule has 0 fully saturated rings. The summed E-state index contributed by atoms with van der Waals surface area (Å²) in [7, 11) is 1.40. The molecule has 0 unspecified atom stereocenters. The molecular formula is C13H15F3N2O4S. The maximum absolute atomic E-state index is 13.3. The molecule has 0 aliphatic rings. The molecule has 0 aliphatic heterocycles. The van der Waals surface area contributed by atoms with Gasteiger partial charge in [-0.3, -0.25) is 13.9 Å². The molecule has 2 aromatic heterocycles. The molecule has 23 heavy (non-hydrogen) atoms. The van der Waals surface area contributed by atoms with E-state index in [2.05, 4.69) is 0 Å². The van der Waals surface area contributed by atoms with Crippen LogP contribution in [0.2, 0.25) is 0 Å². The summed E-state index contributed by atoms with van der Waals surface area (Å²) in [6, 6.07) is 0. The summed E-state index contributed by atoms with van der Waals surface area (Å²) in [5, 5.41) is 8.65. The van der Waals surface area contributed by atoms with Gasteiger partial charge in [-0.2, -0.15) is 13.2 Å². The van der Waals surface area contributed by atoms with E-state index in [9.17, 15) is 27.9 Å². The van der Waals surface area contributed by atoms with E-state index in [1.54, 1.807) is 0 Å². The molecule has 0 amide bonds. The molecule has 0 spiro atoms. The fraction of sp³-hybridized carbons (Fsp3) is 0.538. The van der Waals surface area contributed by atoms with Crippen LogP contribution < -0.4 is 11.2 Å².